The number of hydrogen-bond donors (Lipinski definition) is 6. The number of para-hydroxylation sites is 2. The van der Waals surface area contributed by atoms with Crippen molar-refractivity contribution in [3.05, 3.63) is 109 Å². The summed E-state index contributed by atoms with van der Waals surface area (Å²) in [7, 11) is -11.1. The Bertz CT molecular complexity index is 4690. The van der Waals surface area contributed by atoms with E-state index in [-0.39, 0.29) is 139 Å². The fourth-order valence-corrected chi connectivity index (χ4v) is 23.2. The average Bonchev–Trinajstić information content (AvgIpc) is 1.56. The van der Waals surface area contributed by atoms with E-state index in [2.05, 4.69) is 56.0 Å². The number of rotatable bonds is 26. The number of fused-ring (bicyclic) bond motifs is 10. The van der Waals surface area contributed by atoms with Gasteiger partial charge in [-0.05, 0) is 189 Å². The first-order valence-corrected chi connectivity index (χ1v) is 48.4. The lowest BCUT2D eigenvalue weighted by Crippen LogP contribution is -2.59. The molecule has 2 aromatic carbocycles. The minimum absolute atomic E-state index is 0.0134. The van der Waals surface area contributed by atoms with Crippen molar-refractivity contribution in [1.29, 1.82) is 0 Å². The van der Waals surface area contributed by atoms with Gasteiger partial charge in [0, 0.05) is 48.3 Å². The van der Waals surface area contributed by atoms with Crippen LogP contribution in [0.5, 0.6) is 23.3 Å². The molecule has 4 bridgehead atoms. The van der Waals surface area contributed by atoms with Crippen LogP contribution < -0.4 is 49.7 Å². The predicted molar refractivity (Wildman–Crippen MR) is 449 cm³/mol. The third-order valence-corrected chi connectivity index (χ3v) is 31.5. The van der Waals surface area contributed by atoms with Crippen LogP contribution in [0.1, 0.15) is 191 Å². The SMILES string of the molecule is C=C[C@@H]1C[C@]1(NC(=O)[C@@H]1C[C@@H]2CN1C(=O)[C@H](C1CCCC1)NC(=O)O[C@@H]1CCC[C@H]1CC/C=C/Cc1c(nc3ccccc3c1OCCCO[PH](=O)OCCCOc1c3c(nc4ccccc14)O[C@@H]1C[C@@H](C(=O)N[C@]4(C(=O)NS(=O)(=O)C5CC5)C[C@H]4C=C)N(C1)C(=O)[C@H](C1CCCC1)NC(=O)O[C@@H]1CCC[C@H]1CC/C=C/C3)O2)C(=O)NS(=O)(=O)C1CC1. The topological polar surface area (TPSA) is 400 Å². The molecule has 4 aromatic rings. The Labute approximate surface area is 711 Å². The predicted octanol–water partition coefficient (Wildman–Crippen LogP) is 10.2. The fraction of sp³-hybridized carbons (Fsp3) is 0.614. The van der Waals surface area contributed by atoms with Crippen LogP contribution in [-0.4, -0.2) is 194 Å². The van der Waals surface area contributed by atoms with Crippen molar-refractivity contribution < 1.29 is 97.2 Å². The number of aromatic nitrogens is 2. The van der Waals surface area contributed by atoms with Crippen LogP contribution in [0.3, 0.4) is 0 Å². The lowest BCUT2D eigenvalue weighted by atomic mass is 9.96. The molecule has 6 heterocycles. The average molecular weight is 1740 g/mol. The van der Waals surface area contributed by atoms with Gasteiger partial charge in [0.05, 0.1) is 72.2 Å². The molecule has 31 nitrogen and oxygen atoms in total. The van der Waals surface area contributed by atoms with E-state index in [1.165, 1.54) is 22.0 Å². The van der Waals surface area contributed by atoms with E-state index in [0.717, 1.165) is 64.2 Å². The molecule has 34 heteroatoms. The summed E-state index contributed by atoms with van der Waals surface area (Å²) in [5.74, 6) is -4.49. The Morgan fingerprint density at radius 3 is 1.31 bits per heavy atom. The van der Waals surface area contributed by atoms with Crippen LogP contribution in [0.15, 0.2) is 98.1 Å². The van der Waals surface area contributed by atoms with Gasteiger partial charge in [-0.15, -0.1) is 13.2 Å². The summed E-state index contributed by atoms with van der Waals surface area (Å²) in [5, 5.41) is 11.6. The molecular weight excluding hydrogens is 1630 g/mol. The Morgan fingerprint density at radius 1 is 0.516 bits per heavy atom. The molecule has 4 aliphatic heterocycles. The molecular formula is C88H113N10O21PS2. The number of nitrogens with one attached hydrogen (secondary N) is 6. The van der Waals surface area contributed by atoms with E-state index in [1.54, 1.807) is 0 Å². The minimum Gasteiger partial charge on any atom is -0.492 e. The number of carbonyl (C=O) groups is 8. The van der Waals surface area contributed by atoms with E-state index in [9.17, 15) is 40.6 Å². The summed E-state index contributed by atoms with van der Waals surface area (Å²) in [6, 6.07) is 10.2. The molecule has 6 N–H and O–H groups in total. The van der Waals surface area contributed by atoms with Crippen LogP contribution in [-0.2, 0) is 84.7 Å². The zero-order chi connectivity index (χ0) is 85.0. The molecule has 0 spiro atoms. The van der Waals surface area contributed by atoms with Crippen molar-refractivity contribution in [2.75, 3.05) is 39.5 Å². The summed E-state index contributed by atoms with van der Waals surface area (Å²) in [6.45, 7) is 7.63. The molecule has 16 rings (SSSR count). The second-order valence-corrected chi connectivity index (χ2v) is 40.3. The zero-order valence-corrected chi connectivity index (χ0v) is 71.5. The third-order valence-electron chi connectivity index (χ3n) is 27.0. The second-order valence-electron chi connectivity index (χ2n) is 35.3. The maximum atomic E-state index is 15.4. The molecule has 0 radical (unpaired) electrons. The molecule has 658 valence electrons. The largest absolute Gasteiger partial charge is 0.492 e. The highest BCUT2D eigenvalue weighted by molar-refractivity contribution is 7.91. The van der Waals surface area contributed by atoms with Crippen LogP contribution in [0, 0.1) is 35.5 Å². The Hall–Kier alpha value is -9.17. The van der Waals surface area contributed by atoms with Gasteiger partial charge in [0.1, 0.15) is 71.2 Å². The number of carbonyl (C=O) groups excluding carboxylic acids is 8. The first-order valence-electron chi connectivity index (χ1n) is 44.1. The van der Waals surface area contributed by atoms with Gasteiger partial charge in [0.25, 0.3) is 11.8 Å². The van der Waals surface area contributed by atoms with Gasteiger partial charge in [0.2, 0.25) is 55.4 Å². The first-order chi connectivity index (χ1) is 59.0. The Morgan fingerprint density at radius 2 is 0.918 bits per heavy atom. The summed E-state index contributed by atoms with van der Waals surface area (Å²) in [6.07, 6.45) is 23.6. The van der Waals surface area contributed by atoms with Crippen LogP contribution >= 0.6 is 8.25 Å². The van der Waals surface area contributed by atoms with E-state index in [4.69, 9.17) is 47.4 Å². The van der Waals surface area contributed by atoms with E-state index < -0.39 is 146 Å². The number of pyridine rings is 2. The number of alkyl carbamates (subject to hydrolysis) is 2. The molecule has 2 aromatic heterocycles. The fourth-order valence-electron chi connectivity index (χ4n) is 19.7. The summed E-state index contributed by atoms with van der Waals surface area (Å²) < 4.78 is 122. The van der Waals surface area contributed by atoms with Gasteiger partial charge < -0.3 is 68.5 Å². The lowest BCUT2D eigenvalue weighted by molar-refractivity contribution is -0.142. The molecule has 8 amide bonds. The van der Waals surface area contributed by atoms with Crippen molar-refractivity contribution in [2.45, 2.75) is 263 Å². The smallest absolute Gasteiger partial charge is 0.408 e. The van der Waals surface area contributed by atoms with Gasteiger partial charge in [-0.3, -0.25) is 42.8 Å². The zero-order valence-electron chi connectivity index (χ0n) is 68.9. The second kappa shape index (κ2) is 37.3. The number of ether oxygens (including phenoxy) is 6. The summed E-state index contributed by atoms with van der Waals surface area (Å²) in [4.78, 5) is 130. The monoisotopic (exact) mass is 1740 g/mol. The third kappa shape index (κ3) is 19.4. The first kappa shape index (κ1) is 86.4. The van der Waals surface area contributed by atoms with Crippen LogP contribution in [0.2, 0.25) is 0 Å². The van der Waals surface area contributed by atoms with E-state index >= 15 is 19.2 Å². The highest BCUT2D eigenvalue weighted by Gasteiger charge is 2.64. The summed E-state index contributed by atoms with van der Waals surface area (Å²) >= 11 is 0. The molecule has 2 saturated heterocycles. The van der Waals surface area contributed by atoms with Gasteiger partial charge >= 0.3 is 20.4 Å². The number of benzene rings is 2. The highest BCUT2D eigenvalue weighted by atomic mass is 32.2. The van der Waals surface area contributed by atoms with Gasteiger partial charge in [-0.2, -0.15) is 0 Å². The van der Waals surface area contributed by atoms with Crippen LogP contribution in [0.4, 0.5) is 9.59 Å². The Balaban J connectivity index is 0.602. The molecule has 0 unspecified atom stereocenters. The van der Waals surface area contributed by atoms with Crippen molar-refractivity contribution in [3.63, 3.8) is 0 Å². The normalized spacial score (nSPS) is 30.3. The maximum absolute atomic E-state index is 15.4. The van der Waals surface area contributed by atoms with E-state index in [1.807, 2.05) is 60.7 Å². The summed E-state index contributed by atoms with van der Waals surface area (Å²) in [5.41, 5.74) is -1.08. The molecule has 10 fully saturated rings. The number of hydrogen-bond acceptors (Lipinski definition) is 23. The van der Waals surface area contributed by atoms with E-state index in [0.29, 0.717) is 121 Å². The number of allylic oxidation sites excluding steroid dienone is 4. The molecule has 8 saturated carbocycles. The maximum Gasteiger partial charge on any atom is 0.408 e. The van der Waals surface area contributed by atoms with Crippen LogP contribution in [0.25, 0.3) is 21.8 Å². The van der Waals surface area contributed by atoms with Crippen molar-refractivity contribution in [3.8, 4) is 23.3 Å². The number of sulfonamides is 2. The van der Waals surface area contributed by atoms with Gasteiger partial charge in [-0.1, -0.05) is 86.4 Å². The van der Waals surface area contributed by atoms with Gasteiger partial charge in [0.15, 0.2) is 0 Å². The highest BCUT2D eigenvalue weighted by Crippen LogP contribution is 2.49. The standard InChI is InChI=1S/C88H113N10O21PS2/c1-3-57-49-87(57,83(103)95-121(108,109)61-39-40-61)93-77(99)69-47-59-51-97(69)81(101)73(55-25-11-12-26-55)91-85(105)118-71-37-19-29-53(71)23-7-5-9-33-65-75(63-31-15-17-35-67(63)89-79(65)116-59)112-43-21-45-114-120(107)115-46-22-44-113-76-64-32-16-18-36-68(64)90-80-66(76)34-10-6-8-24-54-30-20-38-72(54)119-86(106)92-74(56-27-13-14-28-56)82(102)98-52-60(117-80)48-70(98)78(100)94-88(50-58(88)4-2)84(104)96-122(110,111)62-41-42-62/h3-6,9-10,15-18,31-32,35-36,53-62,69-74,120H,1-2,7-8,11-14,19-30,33-34,37-52H2,(H,91,105)(H,92,106)(H,93,99)(H,94,100)(H,95,103)(H,96,104)/b9-5+,10-6+/t53-,54-,57-,58-,59-,60-,69+,70+,71-,72-,73+,74+,87-,88-/m1/s1. The minimum atomic E-state index is -4.01. The lowest BCUT2D eigenvalue weighted by Gasteiger charge is -2.32. The van der Waals surface area contributed by atoms with Crippen molar-refractivity contribution >= 4 is 97.7 Å². The molecule has 122 heavy (non-hydrogen) atoms. The number of amides is 8. The quantitative estimate of drug-likeness (QED) is 0.0193. The molecule has 12 aliphatic rings. The molecule has 14 atom stereocenters. The van der Waals surface area contributed by atoms with Gasteiger partial charge in [-0.25, -0.2) is 36.4 Å². The number of nitrogens with zero attached hydrogens (tertiary/aromatic N) is 4. The Kier molecular flexibility index (Phi) is 26.4. The van der Waals surface area contributed by atoms with Crippen molar-refractivity contribution in [1.82, 2.24) is 50.5 Å². The molecule has 8 aliphatic carbocycles. The van der Waals surface area contributed by atoms with Crippen molar-refractivity contribution in [2.24, 2.45) is 35.5 Å².